The number of amides is 2. The molecule has 0 spiro atoms. The molecule has 2 aromatic carbocycles. The Bertz CT molecular complexity index is 1110. The zero-order valence-electron chi connectivity index (χ0n) is 19.1. The van der Waals surface area contributed by atoms with Crippen LogP contribution < -0.4 is 9.62 Å². The molecule has 2 aromatic rings. The predicted molar refractivity (Wildman–Crippen MR) is 133 cm³/mol. The Morgan fingerprint density at radius 3 is 2.36 bits per heavy atom. The molecule has 0 aliphatic heterocycles. The number of hydrogen-bond acceptors (Lipinski definition) is 4. The van der Waals surface area contributed by atoms with Crippen molar-refractivity contribution < 1.29 is 18.0 Å². The number of likely N-dealkylation sites (N-methyl/N-ethyl adjacent to an activating group) is 1. The van der Waals surface area contributed by atoms with Gasteiger partial charge in [0.2, 0.25) is 21.8 Å². The van der Waals surface area contributed by atoms with Crippen LogP contribution in [0, 0.1) is 6.92 Å². The van der Waals surface area contributed by atoms with Gasteiger partial charge in [-0.2, -0.15) is 0 Å². The molecule has 0 saturated carbocycles. The predicted octanol–water partition coefficient (Wildman–Crippen LogP) is 4.01. The number of aryl methyl sites for hydroxylation is 1. The standard InChI is InChI=1S/C23H29Cl2N3O4S/c1-16-8-5-6-9-21(16)28(33(4,31)32)13-7-10-22(29)27(17(2)23(30)26-3)15-18-11-12-19(24)14-20(18)25/h5-6,8-9,11-12,14,17H,7,10,13,15H2,1-4H3,(H,26,30). The first kappa shape index (κ1) is 27.0. The van der Waals surface area contributed by atoms with E-state index in [1.54, 1.807) is 37.3 Å². The third-order valence-electron chi connectivity index (χ3n) is 5.31. The number of anilines is 1. The van der Waals surface area contributed by atoms with Crippen LogP contribution in [0.2, 0.25) is 10.0 Å². The number of sulfonamides is 1. The number of halogens is 2. The molecule has 0 aromatic heterocycles. The van der Waals surface area contributed by atoms with Crippen LogP contribution in [0.4, 0.5) is 5.69 Å². The largest absolute Gasteiger partial charge is 0.357 e. The lowest BCUT2D eigenvalue weighted by atomic mass is 10.1. The fourth-order valence-corrected chi connectivity index (χ4v) is 4.94. The number of carbonyl (C=O) groups is 2. The normalized spacial score (nSPS) is 12.2. The third kappa shape index (κ3) is 7.35. The van der Waals surface area contributed by atoms with Crippen LogP contribution in [0.5, 0.6) is 0 Å². The molecule has 0 heterocycles. The highest BCUT2D eigenvalue weighted by atomic mass is 35.5. The highest BCUT2D eigenvalue weighted by Gasteiger charge is 2.27. The molecule has 1 N–H and O–H groups in total. The molecule has 2 rings (SSSR count). The zero-order valence-corrected chi connectivity index (χ0v) is 21.5. The summed E-state index contributed by atoms with van der Waals surface area (Å²) in [6.07, 6.45) is 1.49. The van der Waals surface area contributed by atoms with Crippen molar-refractivity contribution in [3.63, 3.8) is 0 Å². The molecule has 0 fully saturated rings. The number of rotatable bonds is 10. The lowest BCUT2D eigenvalue weighted by molar-refractivity contribution is -0.140. The SMILES string of the molecule is CNC(=O)C(C)N(Cc1ccc(Cl)cc1Cl)C(=O)CCCN(c1ccccc1C)S(C)(=O)=O. The van der Waals surface area contributed by atoms with Crippen molar-refractivity contribution in [1.82, 2.24) is 10.2 Å². The van der Waals surface area contributed by atoms with Gasteiger partial charge in [0.1, 0.15) is 6.04 Å². The minimum Gasteiger partial charge on any atom is -0.357 e. The van der Waals surface area contributed by atoms with Crippen LogP contribution in [-0.4, -0.2) is 51.0 Å². The van der Waals surface area contributed by atoms with Crippen LogP contribution in [0.1, 0.15) is 30.9 Å². The first-order valence-electron chi connectivity index (χ1n) is 10.4. The molecule has 0 aliphatic carbocycles. The first-order chi connectivity index (χ1) is 15.5. The van der Waals surface area contributed by atoms with E-state index in [9.17, 15) is 18.0 Å². The molecular weight excluding hydrogens is 485 g/mol. The maximum atomic E-state index is 13.1. The van der Waals surface area contributed by atoms with Crippen LogP contribution in [-0.2, 0) is 26.2 Å². The molecule has 0 saturated heterocycles. The molecular formula is C23H29Cl2N3O4S. The van der Waals surface area contributed by atoms with Gasteiger partial charge in [-0.05, 0) is 49.6 Å². The Balaban J connectivity index is 2.19. The minimum absolute atomic E-state index is 0.0600. The maximum Gasteiger partial charge on any atom is 0.242 e. The maximum absolute atomic E-state index is 13.1. The molecule has 7 nitrogen and oxygen atoms in total. The van der Waals surface area contributed by atoms with Crippen LogP contribution >= 0.6 is 23.2 Å². The highest BCUT2D eigenvalue weighted by Crippen LogP contribution is 2.25. The van der Waals surface area contributed by atoms with Crippen LogP contribution in [0.25, 0.3) is 0 Å². The topological polar surface area (TPSA) is 86.8 Å². The molecule has 1 unspecified atom stereocenters. The Hall–Kier alpha value is -2.29. The van der Waals surface area contributed by atoms with Crippen LogP contribution in [0.3, 0.4) is 0 Å². The van der Waals surface area contributed by atoms with Crippen molar-refractivity contribution in [2.75, 3.05) is 24.2 Å². The van der Waals surface area contributed by atoms with Crippen molar-refractivity contribution in [2.24, 2.45) is 0 Å². The number of hydrogen-bond donors (Lipinski definition) is 1. The fraction of sp³-hybridized carbons (Fsp3) is 0.391. The summed E-state index contributed by atoms with van der Waals surface area (Å²) >= 11 is 12.2. The monoisotopic (exact) mass is 513 g/mol. The molecule has 1 atom stereocenters. The van der Waals surface area contributed by atoms with Gasteiger partial charge in [0.25, 0.3) is 0 Å². The Labute approximate surface area is 205 Å². The van der Waals surface area contributed by atoms with Crippen LogP contribution in [0.15, 0.2) is 42.5 Å². The highest BCUT2D eigenvalue weighted by molar-refractivity contribution is 7.92. The van der Waals surface area contributed by atoms with Gasteiger partial charge >= 0.3 is 0 Å². The van der Waals surface area contributed by atoms with Crippen molar-refractivity contribution in [1.29, 1.82) is 0 Å². The van der Waals surface area contributed by atoms with Crippen molar-refractivity contribution in [2.45, 2.75) is 39.3 Å². The number of carbonyl (C=O) groups excluding carboxylic acids is 2. The fourth-order valence-electron chi connectivity index (χ4n) is 3.45. The second-order valence-corrected chi connectivity index (χ2v) is 10.5. The summed E-state index contributed by atoms with van der Waals surface area (Å²) in [5, 5.41) is 3.42. The van der Waals surface area contributed by atoms with Gasteiger partial charge in [0.05, 0.1) is 11.9 Å². The van der Waals surface area contributed by atoms with E-state index in [1.807, 2.05) is 19.1 Å². The van der Waals surface area contributed by atoms with Gasteiger partial charge in [-0.3, -0.25) is 13.9 Å². The number of nitrogens with zero attached hydrogens (tertiary/aromatic N) is 2. The van der Waals surface area contributed by atoms with E-state index in [0.717, 1.165) is 11.8 Å². The van der Waals surface area contributed by atoms with Gasteiger partial charge in [-0.1, -0.05) is 47.5 Å². The van der Waals surface area contributed by atoms with E-state index in [4.69, 9.17) is 23.2 Å². The molecule has 10 heteroatoms. The molecule has 33 heavy (non-hydrogen) atoms. The van der Waals surface area contributed by atoms with Gasteiger partial charge in [-0.15, -0.1) is 0 Å². The number of benzene rings is 2. The quantitative estimate of drug-likeness (QED) is 0.519. The van der Waals surface area contributed by atoms with E-state index < -0.39 is 16.1 Å². The van der Waals surface area contributed by atoms with E-state index in [-0.39, 0.29) is 37.7 Å². The average molecular weight is 514 g/mol. The van der Waals surface area contributed by atoms with Gasteiger partial charge < -0.3 is 10.2 Å². The summed E-state index contributed by atoms with van der Waals surface area (Å²) < 4.78 is 26.1. The summed E-state index contributed by atoms with van der Waals surface area (Å²) in [5.74, 6) is -0.596. The van der Waals surface area contributed by atoms with Gasteiger partial charge in [0.15, 0.2) is 0 Å². The molecule has 0 radical (unpaired) electrons. The Morgan fingerprint density at radius 1 is 1.12 bits per heavy atom. The summed E-state index contributed by atoms with van der Waals surface area (Å²) in [6.45, 7) is 3.73. The molecule has 0 aliphatic rings. The number of nitrogens with one attached hydrogen (secondary N) is 1. The van der Waals surface area contributed by atoms with Gasteiger partial charge in [0, 0.05) is 36.6 Å². The van der Waals surface area contributed by atoms with Crippen molar-refractivity contribution in [3.05, 3.63) is 63.6 Å². The number of para-hydroxylation sites is 1. The first-order valence-corrected chi connectivity index (χ1v) is 13.0. The Morgan fingerprint density at radius 2 is 1.79 bits per heavy atom. The summed E-state index contributed by atoms with van der Waals surface area (Å²) in [7, 11) is -2.03. The smallest absolute Gasteiger partial charge is 0.242 e. The molecule has 2 amide bonds. The lowest BCUT2D eigenvalue weighted by Gasteiger charge is -2.29. The second-order valence-electron chi connectivity index (χ2n) is 7.77. The average Bonchev–Trinajstić information content (AvgIpc) is 2.75. The van der Waals surface area contributed by atoms with E-state index >= 15 is 0 Å². The molecule has 180 valence electrons. The lowest BCUT2D eigenvalue weighted by Crippen LogP contribution is -2.46. The Kier molecular flexibility index (Phi) is 9.57. The van der Waals surface area contributed by atoms with Gasteiger partial charge in [-0.25, -0.2) is 8.42 Å². The summed E-state index contributed by atoms with van der Waals surface area (Å²) in [4.78, 5) is 26.8. The summed E-state index contributed by atoms with van der Waals surface area (Å²) in [5.41, 5.74) is 2.06. The van der Waals surface area contributed by atoms with Crippen molar-refractivity contribution >= 4 is 50.7 Å². The van der Waals surface area contributed by atoms with E-state index in [0.29, 0.717) is 21.3 Å². The zero-order chi connectivity index (χ0) is 24.8. The van der Waals surface area contributed by atoms with Crippen molar-refractivity contribution in [3.8, 4) is 0 Å². The van der Waals surface area contributed by atoms with E-state index in [2.05, 4.69) is 5.32 Å². The van der Waals surface area contributed by atoms with E-state index in [1.165, 1.54) is 16.3 Å². The summed E-state index contributed by atoms with van der Waals surface area (Å²) in [6, 6.07) is 11.4. The second kappa shape index (κ2) is 11.7. The molecule has 0 bridgehead atoms. The third-order valence-corrected chi connectivity index (χ3v) is 7.07. The minimum atomic E-state index is -3.54.